The molecule has 1 aliphatic rings. The Kier molecular flexibility index (Phi) is 4.99. The minimum Gasteiger partial charge on any atom is -0.382 e. The van der Waals surface area contributed by atoms with Gasteiger partial charge >= 0.3 is 0 Å². The lowest BCUT2D eigenvalue weighted by Gasteiger charge is -2.19. The molecule has 0 saturated heterocycles. The van der Waals surface area contributed by atoms with E-state index in [4.69, 9.17) is 28.0 Å². The van der Waals surface area contributed by atoms with Crippen molar-refractivity contribution in [2.24, 2.45) is 5.16 Å². The van der Waals surface area contributed by atoms with Gasteiger partial charge in [0.2, 0.25) is 6.10 Å². The normalized spacial score (nSPS) is 16.5. The number of anilines is 2. The number of halogens is 2. The van der Waals surface area contributed by atoms with Crippen LogP contribution in [-0.4, -0.2) is 31.8 Å². The third-order valence-corrected chi connectivity index (χ3v) is 5.03. The average molecular weight is 384 g/mol. The molecule has 126 valence electrons. The van der Waals surface area contributed by atoms with Gasteiger partial charge in [-0.15, -0.1) is 11.3 Å². The molecule has 1 aromatic carbocycles. The fourth-order valence-corrected chi connectivity index (χ4v) is 3.55. The van der Waals surface area contributed by atoms with Crippen molar-refractivity contribution in [3.05, 3.63) is 44.6 Å². The van der Waals surface area contributed by atoms with E-state index < -0.39 is 6.10 Å². The largest absolute Gasteiger partial charge is 0.382 e. The first-order valence-corrected chi connectivity index (χ1v) is 8.77. The van der Waals surface area contributed by atoms with E-state index in [1.807, 2.05) is 31.1 Å². The summed E-state index contributed by atoms with van der Waals surface area (Å²) in [6.45, 7) is 0. The van der Waals surface area contributed by atoms with Gasteiger partial charge in [0, 0.05) is 25.5 Å². The van der Waals surface area contributed by atoms with Crippen LogP contribution in [0.2, 0.25) is 9.36 Å². The number of carbonyl (C=O) groups excluding carboxylic acids is 1. The van der Waals surface area contributed by atoms with Crippen LogP contribution in [0.3, 0.4) is 0 Å². The predicted molar refractivity (Wildman–Crippen MR) is 99.8 cm³/mol. The van der Waals surface area contributed by atoms with E-state index in [1.165, 1.54) is 11.3 Å². The lowest BCUT2D eigenvalue weighted by atomic mass is 10.1. The van der Waals surface area contributed by atoms with Gasteiger partial charge in [-0.1, -0.05) is 28.4 Å². The molecule has 1 atom stereocenters. The first-order valence-electron chi connectivity index (χ1n) is 7.20. The molecule has 1 unspecified atom stereocenters. The Morgan fingerprint density at radius 2 is 2.12 bits per heavy atom. The van der Waals surface area contributed by atoms with Crippen molar-refractivity contribution in [1.29, 1.82) is 0 Å². The van der Waals surface area contributed by atoms with Gasteiger partial charge in [-0.05, 0) is 30.3 Å². The maximum atomic E-state index is 12.5. The van der Waals surface area contributed by atoms with E-state index in [-0.39, 0.29) is 5.91 Å². The Hall–Kier alpha value is -1.76. The van der Waals surface area contributed by atoms with Gasteiger partial charge in [-0.25, -0.2) is 0 Å². The predicted octanol–water partition coefficient (Wildman–Crippen LogP) is 4.25. The maximum absolute atomic E-state index is 12.5. The monoisotopic (exact) mass is 383 g/mol. The molecule has 1 N–H and O–H groups in total. The first kappa shape index (κ1) is 17.1. The number of hydrogen-bond acceptors (Lipinski definition) is 5. The van der Waals surface area contributed by atoms with E-state index in [1.54, 1.807) is 18.2 Å². The SMILES string of the molecule is CN(C)c1ccc(Cl)cc1NC(=O)C1CC(c2ccc(Cl)s2)=NO1. The summed E-state index contributed by atoms with van der Waals surface area (Å²) >= 11 is 13.4. The second-order valence-electron chi connectivity index (χ2n) is 5.49. The van der Waals surface area contributed by atoms with Crippen molar-refractivity contribution in [1.82, 2.24) is 0 Å². The molecular weight excluding hydrogens is 369 g/mol. The number of carbonyl (C=O) groups is 1. The van der Waals surface area contributed by atoms with Crippen molar-refractivity contribution in [3.8, 4) is 0 Å². The van der Waals surface area contributed by atoms with Crippen molar-refractivity contribution in [3.63, 3.8) is 0 Å². The average Bonchev–Trinajstić information content (AvgIpc) is 3.15. The highest BCUT2D eigenvalue weighted by molar-refractivity contribution is 7.18. The third kappa shape index (κ3) is 3.66. The molecule has 1 amide bonds. The van der Waals surface area contributed by atoms with E-state index >= 15 is 0 Å². The van der Waals surface area contributed by atoms with Crippen molar-refractivity contribution < 1.29 is 9.63 Å². The molecule has 8 heteroatoms. The number of oxime groups is 1. The van der Waals surface area contributed by atoms with Crippen LogP contribution in [0.1, 0.15) is 11.3 Å². The van der Waals surface area contributed by atoms with Crippen LogP contribution in [0.15, 0.2) is 35.5 Å². The molecule has 1 aliphatic heterocycles. The molecule has 1 aromatic heterocycles. The molecule has 0 fully saturated rings. The summed E-state index contributed by atoms with van der Waals surface area (Å²) < 4.78 is 0.676. The molecule has 5 nitrogen and oxygen atoms in total. The second-order valence-corrected chi connectivity index (χ2v) is 7.64. The number of nitrogens with zero attached hydrogens (tertiary/aromatic N) is 2. The molecular formula is C16H15Cl2N3O2S. The van der Waals surface area contributed by atoms with Crippen molar-refractivity contribution in [2.75, 3.05) is 24.3 Å². The van der Waals surface area contributed by atoms with Gasteiger partial charge in [0.25, 0.3) is 5.91 Å². The van der Waals surface area contributed by atoms with Crippen LogP contribution < -0.4 is 10.2 Å². The third-order valence-electron chi connectivity index (χ3n) is 3.52. The molecule has 0 bridgehead atoms. The molecule has 0 radical (unpaired) electrons. The molecule has 3 rings (SSSR count). The minimum absolute atomic E-state index is 0.262. The van der Waals surface area contributed by atoms with Crippen molar-refractivity contribution in [2.45, 2.75) is 12.5 Å². The summed E-state index contributed by atoms with van der Waals surface area (Å²) in [5.74, 6) is -0.262. The smallest absolute Gasteiger partial charge is 0.268 e. The summed E-state index contributed by atoms with van der Waals surface area (Å²) in [6.07, 6.45) is -0.268. The second kappa shape index (κ2) is 7.01. The molecule has 0 aliphatic carbocycles. The molecule has 0 spiro atoms. The fraction of sp³-hybridized carbons (Fsp3) is 0.250. The van der Waals surface area contributed by atoms with Crippen molar-refractivity contribution >= 4 is 57.5 Å². The quantitative estimate of drug-likeness (QED) is 0.858. The minimum atomic E-state index is -0.671. The fourth-order valence-electron chi connectivity index (χ4n) is 2.34. The van der Waals surface area contributed by atoms with Gasteiger partial charge < -0.3 is 15.1 Å². The number of rotatable bonds is 4. The zero-order valence-corrected chi connectivity index (χ0v) is 15.4. The van der Waals surface area contributed by atoms with Crippen LogP contribution in [0, 0.1) is 0 Å². The standard InChI is InChI=1S/C16H15Cl2N3O2S/c1-21(2)12-4-3-9(17)7-10(12)19-16(22)13-8-11(20-23-13)14-5-6-15(18)24-14/h3-7,13H,8H2,1-2H3,(H,19,22). The first-order chi connectivity index (χ1) is 11.4. The summed E-state index contributed by atoms with van der Waals surface area (Å²) in [5.41, 5.74) is 2.22. The number of amides is 1. The van der Waals surface area contributed by atoms with Crippen LogP contribution in [0.25, 0.3) is 0 Å². The van der Waals surface area contributed by atoms with Gasteiger partial charge in [0.1, 0.15) is 5.71 Å². The number of thiophene rings is 1. The topological polar surface area (TPSA) is 53.9 Å². The van der Waals surface area contributed by atoms with E-state index in [2.05, 4.69) is 10.5 Å². The van der Waals surface area contributed by atoms with Gasteiger partial charge in [-0.3, -0.25) is 4.79 Å². The molecule has 24 heavy (non-hydrogen) atoms. The summed E-state index contributed by atoms with van der Waals surface area (Å²) in [6, 6.07) is 9.01. The van der Waals surface area contributed by atoms with E-state index in [9.17, 15) is 4.79 Å². The number of hydrogen-bond donors (Lipinski definition) is 1. The molecule has 0 saturated carbocycles. The van der Waals surface area contributed by atoms with Crippen LogP contribution in [0.4, 0.5) is 11.4 Å². The summed E-state index contributed by atoms with van der Waals surface area (Å²) in [4.78, 5) is 20.6. The Labute approximate surface area is 153 Å². The molecule has 2 aromatic rings. The van der Waals surface area contributed by atoms with Crippen LogP contribution in [-0.2, 0) is 9.63 Å². The van der Waals surface area contributed by atoms with Gasteiger partial charge in [0.05, 0.1) is 20.6 Å². The Bertz CT molecular complexity index is 804. The highest BCUT2D eigenvalue weighted by atomic mass is 35.5. The van der Waals surface area contributed by atoms with Crippen LogP contribution in [0.5, 0.6) is 0 Å². The highest BCUT2D eigenvalue weighted by Crippen LogP contribution is 2.30. The zero-order valence-electron chi connectivity index (χ0n) is 13.0. The maximum Gasteiger partial charge on any atom is 0.268 e. The number of benzene rings is 1. The Morgan fingerprint density at radius 1 is 1.33 bits per heavy atom. The van der Waals surface area contributed by atoms with Gasteiger partial charge in [-0.2, -0.15) is 0 Å². The molecule has 2 heterocycles. The highest BCUT2D eigenvalue weighted by Gasteiger charge is 2.30. The van der Waals surface area contributed by atoms with Gasteiger partial charge in [0.15, 0.2) is 0 Å². The lowest BCUT2D eigenvalue weighted by Crippen LogP contribution is -2.28. The number of nitrogens with one attached hydrogen (secondary N) is 1. The summed E-state index contributed by atoms with van der Waals surface area (Å²) in [7, 11) is 3.79. The Morgan fingerprint density at radius 3 is 2.79 bits per heavy atom. The summed E-state index contributed by atoms with van der Waals surface area (Å²) in [5, 5.41) is 7.42. The van der Waals surface area contributed by atoms with E-state index in [0.717, 1.165) is 16.3 Å². The zero-order chi connectivity index (χ0) is 17.3. The lowest BCUT2D eigenvalue weighted by molar-refractivity contribution is -0.125. The van der Waals surface area contributed by atoms with Crippen LogP contribution >= 0.6 is 34.5 Å². The Balaban J connectivity index is 1.70. The van der Waals surface area contributed by atoms with E-state index in [0.29, 0.717) is 21.5 Å².